The number of carbonyl (C=O) groups excluding carboxylic acids is 2. The van der Waals surface area contributed by atoms with E-state index in [1.54, 1.807) is 18.2 Å². The number of hydrogen-bond acceptors (Lipinski definition) is 6. The number of hydrogen-bond donors (Lipinski definition) is 2. The largest absolute Gasteiger partial charge is 0.497 e. The summed E-state index contributed by atoms with van der Waals surface area (Å²) >= 11 is 0. The first kappa shape index (κ1) is 18.5. The summed E-state index contributed by atoms with van der Waals surface area (Å²) in [5, 5.41) is 5.46. The normalized spacial score (nSPS) is 22.3. The molecule has 9 heteroatoms. The van der Waals surface area contributed by atoms with E-state index < -0.39 is 33.1 Å². The van der Waals surface area contributed by atoms with Gasteiger partial charge in [-0.25, -0.2) is 8.42 Å². The number of methoxy groups -OCH3 is 2. The molecule has 1 aromatic carbocycles. The zero-order valence-corrected chi connectivity index (χ0v) is 15.5. The van der Waals surface area contributed by atoms with Gasteiger partial charge in [-0.2, -0.15) is 0 Å². The third-order valence-electron chi connectivity index (χ3n) is 4.84. The maximum atomic E-state index is 12.7. The lowest BCUT2D eigenvalue weighted by atomic mass is 10.0. The number of anilines is 1. The van der Waals surface area contributed by atoms with E-state index in [1.807, 2.05) is 0 Å². The van der Waals surface area contributed by atoms with Crippen LogP contribution in [0.2, 0.25) is 0 Å². The van der Waals surface area contributed by atoms with Crippen molar-refractivity contribution in [2.75, 3.05) is 31.0 Å². The van der Waals surface area contributed by atoms with Crippen molar-refractivity contribution in [2.24, 2.45) is 5.41 Å². The van der Waals surface area contributed by atoms with Crippen LogP contribution in [0.4, 0.5) is 5.69 Å². The number of rotatable bonds is 6. The van der Waals surface area contributed by atoms with Gasteiger partial charge in [-0.3, -0.25) is 9.59 Å². The molecule has 2 aliphatic rings. The van der Waals surface area contributed by atoms with Gasteiger partial charge in [-0.05, 0) is 31.4 Å². The smallest absolute Gasteiger partial charge is 0.240 e. The van der Waals surface area contributed by atoms with Crippen molar-refractivity contribution in [3.05, 3.63) is 18.2 Å². The van der Waals surface area contributed by atoms with Crippen molar-refractivity contribution in [3.63, 3.8) is 0 Å². The molecule has 142 valence electrons. The van der Waals surface area contributed by atoms with Crippen LogP contribution in [0.1, 0.15) is 19.3 Å². The van der Waals surface area contributed by atoms with E-state index in [4.69, 9.17) is 9.47 Å². The molecule has 1 aliphatic heterocycles. The van der Waals surface area contributed by atoms with Gasteiger partial charge >= 0.3 is 0 Å². The summed E-state index contributed by atoms with van der Waals surface area (Å²) in [7, 11) is -0.101. The van der Waals surface area contributed by atoms with Gasteiger partial charge in [-0.1, -0.05) is 0 Å². The van der Waals surface area contributed by atoms with Crippen molar-refractivity contribution in [1.29, 1.82) is 0 Å². The van der Waals surface area contributed by atoms with Gasteiger partial charge in [0.25, 0.3) is 0 Å². The molecule has 3 rings (SSSR count). The Balaban J connectivity index is 1.70. The quantitative estimate of drug-likeness (QED) is 0.702. The Kier molecular flexibility index (Phi) is 4.83. The van der Waals surface area contributed by atoms with E-state index in [1.165, 1.54) is 14.2 Å². The molecule has 1 unspecified atom stereocenters. The molecule has 2 fully saturated rings. The minimum absolute atomic E-state index is 0.0676. The fourth-order valence-corrected chi connectivity index (χ4v) is 4.74. The Morgan fingerprint density at radius 3 is 2.42 bits per heavy atom. The summed E-state index contributed by atoms with van der Waals surface area (Å²) in [5.41, 5.74) is -0.736. The number of carbonyl (C=O) groups is 2. The molecular formula is C17H22N2O6S. The van der Waals surface area contributed by atoms with Crippen LogP contribution in [0.3, 0.4) is 0 Å². The number of nitrogens with one attached hydrogen (secondary N) is 2. The Labute approximate surface area is 152 Å². The third kappa shape index (κ3) is 3.62. The summed E-state index contributed by atoms with van der Waals surface area (Å²) in [6.07, 6.45) is 1.24. The fourth-order valence-electron chi connectivity index (χ4n) is 3.07. The molecule has 0 aromatic heterocycles. The van der Waals surface area contributed by atoms with E-state index in [0.29, 0.717) is 36.4 Å². The van der Waals surface area contributed by atoms with Crippen molar-refractivity contribution >= 4 is 27.3 Å². The van der Waals surface area contributed by atoms with Crippen molar-refractivity contribution in [1.82, 2.24) is 5.32 Å². The molecule has 2 N–H and O–H groups in total. The minimum atomic E-state index is -3.10. The Hall–Kier alpha value is -2.29. The van der Waals surface area contributed by atoms with Gasteiger partial charge < -0.3 is 20.1 Å². The van der Waals surface area contributed by atoms with Gasteiger partial charge in [0, 0.05) is 12.1 Å². The summed E-state index contributed by atoms with van der Waals surface area (Å²) in [5.74, 6) is 0.156. The van der Waals surface area contributed by atoms with Crippen LogP contribution in [0.25, 0.3) is 0 Å². The van der Waals surface area contributed by atoms with Crippen LogP contribution in [-0.2, 0) is 19.4 Å². The molecule has 1 heterocycles. The Morgan fingerprint density at radius 2 is 1.88 bits per heavy atom. The zero-order chi connectivity index (χ0) is 18.9. The molecule has 1 saturated carbocycles. The first-order chi connectivity index (χ1) is 12.3. The summed E-state index contributed by atoms with van der Waals surface area (Å²) in [6.45, 7) is 0. The third-order valence-corrected chi connectivity index (χ3v) is 6.61. The van der Waals surface area contributed by atoms with Gasteiger partial charge in [0.1, 0.15) is 16.9 Å². The van der Waals surface area contributed by atoms with E-state index in [2.05, 4.69) is 10.6 Å². The average molecular weight is 382 g/mol. The van der Waals surface area contributed by atoms with Crippen molar-refractivity contribution in [3.8, 4) is 11.5 Å². The lowest BCUT2D eigenvalue weighted by molar-refractivity contribution is -0.134. The van der Waals surface area contributed by atoms with Gasteiger partial charge in [0.2, 0.25) is 11.8 Å². The molecule has 2 amide bonds. The second-order valence-corrected chi connectivity index (χ2v) is 8.90. The summed E-state index contributed by atoms with van der Waals surface area (Å²) < 4.78 is 33.5. The molecule has 1 aromatic rings. The van der Waals surface area contributed by atoms with Crippen LogP contribution in [0, 0.1) is 5.41 Å². The van der Waals surface area contributed by atoms with Crippen LogP contribution in [0.15, 0.2) is 18.2 Å². The van der Waals surface area contributed by atoms with Crippen LogP contribution >= 0.6 is 0 Å². The first-order valence-corrected chi connectivity index (χ1v) is 10.2. The highest BCUT2D eigenvalue weighted by atomic mass is 32.2. The number of benzene rings is 1. The topological polar surface area (TPSA) is 111 Å². The zero-order valence-electron chi connectivity index (χ0n) is 14.7. The molecule has 1 aliphatic carbocycles. The van der Waals surface area contributed by atoms with E-state index in [0.717, 1.165) is 0 Å². The Morgan fingerprint density at radius 1 is 1.15 bits per heavy atom. The second kappa shape index (κ2) is 6.79. The minimum Gasteiger partial charge on any atom is -0.497 e. The van der Waals surface area contributed by atoms with E-state index >= 15 is 0 Å². The first-order valence-electron chi connectivity index (χ1n) is 8.34. The fraction of sp³-hybridized carbons (Fsp3) is 0.529. The molecule has 0 bridgehead atoms. The van der Waals surface area contributed by atoms with Crippen molar-refractivity contribution < 1.29 is 27.5 Å². The summed E-state index contributed by atoms with van der Waals surface area (Å²) in [6, 6.07) is 4.56. The molecule has 1 saturated heterocycles. The van der Waals surface area contributed by atoms with E-state index in [-0.39, 0.29) is 11.5 Å². The highest BCUT2D eigenvalue weighted by molar-refractivity contribution is 7.91. The predicted molar refractivity (Wildman–Crippen MR) is 95.0 cm³/mol. The SMILES string of the molecule is COc1ccc(OC)c(NC(=O)C2(C(=O)NC3CCS(=O)(=O)C3)CC2)c1. The standard InChI is InChI=1S/C17H22N2O6S/c1-24-12-3-4-14(25-2)13(9-12)19-16(21)17(6-7-17)15(20)18-11-5-8-26(22,23)10-11/h3-4,9,11H,5-8,10H2,1-2H3,(H,18,20)(H,19,21). The van der Waals surface area contributed by atoms with Crippen LogP contribution in [0.5, 0.6) is 11.5 Å². The summed E-state index contributed by atoms with van der Waals surface area (Å²) in [4.78, 5) is 25.3. The van der Waals surface area contributed by atoms with Gasteiger partial charge in [0.15, 0.2) is 9.84 Å². The maximum Gasteiger partial charge on any atom is 0.240 e. The monoisotopic (exact) mass is 382 g/mol. The van der Waals surface area contributed by atoms with E-state index in [9.17, 15) is 18.0 Å². The van der Waals surface area contributed by atoms with Crippen LogP contribution < -0.4 is 20.1 Å². The number of ether oxygens (including phenoxy) is 2. The molecule has 1 atom stereocenters. The lowest BCUT2D eigenvalue weighted by Gasteiger charge is -2.19. The number of sulfone groups is 1. The highest BCUT2D eigenvalue weighted by Crippen LogP contribution is 2.47. The van der Waals surface area contributed by atoms with Crippen LogP contribution in [-0.4, -0.2) is 52.0 Å². The van der Waals surface area contributed by atoms with Gasteiger partial charge in [-0.15, -0.1) is 0 Å². The highest BCUT2D eigenvalue weighted by Gasteiger charge is 2.57. The molecule has 0 radical (unpaired) electrons. The molecular weight excluding hydrogens is 360 g/mol. The number of amides is 2. The second-order valence-electron chi connectivity index (χ2n) is 6.68. The molecule has 0 spiro atoms. The average Bonchev–Trinajstić information content (AvgIpc) is 3.35. The lowest BCUT2D eigenvalue weighted by Crippen LogP contribution is -2.45. The predicted octanol–water partition coefficient (Wildman–Crippen LogP) is 0.726. The molecule has 26 heavy (non-hydrogen) atoms. The maximum absolute atomic E-state index is 12.7. The molecule has 8 nitrogen and oxygen atoms in total. The Bertz CT molecular complexity index is 832. The van der Waals surface area contributed by atoms with Gasteiger partial charge in [0.05, 0.1) is 31.4 Å². The van der Waals surface area contributed by atoms with Crippen molar-refractivity contribution in [2.45, 2.75) is 25.3 Å².